The number of hydrogen-bond acceptors (Lipinski definition) is 3. The molecule has 3 nitrogen and oxygen atoms in total. The van der Waals surface area contributed by atoms with Crippen LogP contribution in [0.25, 0.3) is 0 Å². The van der Waals surface area contributed by atoms with Gasteiger partial charge < -0.3 is 10.5 Å². The predicted molar refractivity (Wildman–Crippen MR) is 62.9 cm³/mol. The molecular weight excluding hydrogens is 291 g/mol. The summed E-state index contributed by atoms with van der Waals surface area (Å²) in [6.45, 7) is 0. The Bertz CT molecular complexity index is 360. The van der Waals surface area contributed by atoms with Gasteiger partial charge in [-0.3, -0.25) is 0 Å². The zero-order valence-electron chi connectivity index (χ0n) is 7.83. The van der Waals surface area contributed by atoms with Crippen LogP contribution in [-0.2, 0) is 0 Å². The van der Waals surface area contributed by atoms with Gasteiger partial charge in [-0.05, 0) is 34.2 Å². The summed E-state index contributed by atoms with van der Waals surface area (Å²) in [6.07, 6.45) is 0.323. The van der Waals surface area contributed by atoms with Crippen molar-refractivity contribution in [2.45, 2.75) is 12.5 Å². The third-order valence-electron chi connectivity index (χ3n) is 1.92. The topological polar surface area (TPSA) is 59.0 Å². The first-order chi connectivity index (χ1) is 6.70. The molecule has 0 spiro atoms. The first-order valence-corrected chi connectivity index (χ1v) is 5.23. The minimum absolute atomic E-state index is 0.234. The third kappa shape index (κ3) is 2.36. The minimum atomic E-state index is -0.234. The van der Waals surface area contributed by atoms with E-state index in [0.717, 1.165) is 14.9 Å². The number of nitrogens with two attached hydrogens (primary N) is 1. The van der Waals surface area contributed by atoms with Gasteiger partial charge >= 0.3 is 0 Å². The van der Waals surface area contributed by atoms with Gasteiger partial charge in [0.1, 0.15) is 5.75 Å². The second-order valence-electron chi connectivity index (χ2n) is 2.83. The third-order valence-corrected chi connectivity index (χ3v) is 3.08. The monoisotopic (exact) mass is 302 g/mol. The Morgan fingerprint density at radius 3 is 2.93 bits per heavy atom. The summed E-state index contributed by atoms with van der Waals surface area (Å²) in [5.41, 5.74) is 6.81. The fraction of sp³-hybridized carbons (Fsp3) is 0.300. The van der Waals surface area contributed by atoms with E-state index >= 15 is 0 Å². The SMILES string of the molecule is COc1cccc([C@@H](N)CC#N)c1I. The second kappa shape index (κ2) is 5.17. The molecule has 0 saturated heterocycles. The van der Waals surface area contributed by atoms with E-state index in [1.165, 1.54) is 0 Å². The maximum atomic E-state index is 8.55. The van der Waals surface area contributed by atoms with Crippen LogP contribution >= 0.6 is 22.6 Å². The van der Waals surface area contributed by atoms with E-state index in [1.807, 2.05) is 18.2 Å². The zero-order valence-corrected chi connectivity index (χ0v) is 9.98. The van der Waals surface area contributed by atoms with Crippen LogP contribution in [0.3, 0.4) is 0 Å². The van der Waals surface area contributed by atoms with Gasteiger partial charge in [0.15, 0.2) is 0 Å². The van der Waals surface area contributed by atoms with Crippen LogP contribution in [0, 0.1) is 14.9 Å². The highest BCUT2D eigenvalue weighted by molar-refractivity contribution is 14.1. The Morgan fingerprint density at radius 2 is 2.36 bits per heavy atom. The van der Waals surface area contributed by atoms with E-state index in [2.05, 4.69) is 28.7 Å². The van der Waals surface area contributed by atoms with Crippen LogP contribution in [0.2, 0.25) is 0 Å². The number of ether oxygens (including phenoxy) is 1. The molecule has 4 heteroatoms. The van der Waals surface area contributed by atoms with Crippen molar-refractivity contribution in [3.05, 3.63) is 27.3 Å². The molecule has 74 valence electrons. The molecule has 0 aliphatic rings. The molecule has 0 unspecified atom stereocenters. The average molecular weight is 302 g/mol. The Hall–Kier alpha value is -0.800. The molecule has 0 aliphatic carbocycles. The van der Waals surface area contributed by atoms with Gasteiger partial charge in [0.2, 0.25) is 0 Å². The van der Waals surface area contributed by atoms with E-state index in [1.54, 1.807) is 7.11 Å². The summed E-state index contributed by atoms with van der Waals surface area (Å²) >= 11 is 2.18. The number of benzene rings is 1. The highest BCUT2D eigenvalue weighted by atomic mass is 127. The van der Waals surface area contributed by atoms with Gasteiger partial charge in [0.25, 0.3) is 0 Å². The summed E-state index contributed by atoms with van der Waals surface area (Å²) in [6, 6.07) is 7.51. The molecule has 1 aromatic rings. The molecule has 2 N–H and O–H groups in total. The highest BCUT2D eigenvalue weighted by Gasteiger charge is 2.12. The van der Waals surface area contributed by atoms with Crippen molar-refractivity contribution in [3.63, 3.8) is 0 Å². The van der Waals surface area contributed by atoms with E-state index in [4.69, 9.17) is 15.7 Å². The lowest BCUT2D eigenvalue weighted by Gasteiger charge is -2.12. The number of nitriles is 1. The minimum Gasteiger partial charge on any atom is -0.496 e. The Morgan fingerprint density at radius 1 is 1.64 bits per heavy atom. The van der Waals surface area contributed by atoms with Crippen molar-refractivity contribution in [2.24, 2.45) is 5.73 Å². The standard InChI is InChI=1S/C10H11IN2O/c1-14-9-4-2-3-7(10(9)11)8(13)5-6-12/h2-4,8H,5,13H2,1H3/t8-/m0/s1. The molecule has 1 aromatic carbocycles. The van der Waals surface area contributed by atoms with Crippen LogP contribution < -0.4 is 10.5 Å². The molecule has 0 aliphatic heterocycles. The lowest BCUT2D eigenvalue weighted by atomic mass is 10.1. The van der Waals surface area contributed by atoms with Gasteiger partial charge in [0, 0.05) is 6.04 Å². The van der Waals surface area contributed by atoms with Gasteiger partial charge in [-0.1, -0.05) is 12.1 Å². The first kappa shape index (κ1) is 11.3. The number of halogens is 1. The Balaban J connectivity index is 3.04. The zero-order chi connectivity index (χ0) is 10.6. The Kier molecular flexibility index (Phi) is 4.17. The number of nitrogens with zero attached hydrogens (tertiary/aromatic N) is 1. The lowest BCUT2D eigenvalue weighted by Crippen LogP contribution is -2.11. The van der Waals surface area contributed by atoms with Crippen molar-refractivity contribution >= 4 is 22.6 Å². The van der Waals surface area contributed by atoms with Crippen molar-refractivity contribution in [3.8, 4) is 11.8 Å². The van der Waals surface area contributed by atoms with Crippen molar-refractivity contribution in [1.82, 2.24) is 0 Å². The van der Waals surface area contributed by atoms with Crippen LogP contribution in [0.1, 0.15) is 18.0 Å². The average Bonchev–Trinajstić information content (AvgIpc) is 2.18. The molecule has 0 bridgehead atoms. The maximum absolute atomic E-state index is 8.55. The van der Waals surface area contributed by atoms with Gasteiger partial charge in [-0.25, -0.2) is 0 Å². The van der Waals surface area contributed by atoms with Gasteiger partial charge in [0.05, 0.1) is 23.2 Å². The van der Waals surface area contributed by atoms with E-state index in [0.29, 0.717) is 6.42 Å². The van der Waals surface area contributed by atoms with Crippen LogP contribution in [-0.4, -0.2) is 7.11 Å². The number of rotatable bonds is 3. The van der Waals surface area contributed by atoms with Crippen molar-refractivity contribution in [1.29, 1.82) is 5.26 Å². The largest absolute Gasteiger partial charge is 0.496 e. The molecule has 0 fully saturated rings. The molecule has 14 heavy (non-hydrogen) atoms. The molecule has 1 atom stereocenters. The fourth-order valence-electron chi connectivity index (χ4n) is 1.18. The summed E-state index contributed by atoms with van der Waals surface area (Å²) in [5.74, 6) is 0.802. The van der Waals surface area contributed by atoms with E-state index < -0.39 is 0 Å². The molecule has 0 aromatic heterocycles. The quantitative estimate of drug-likeness (QED) is 0.871. The second-order valence-corrected chi connectivity index (χ2v) is 3.91. The lowest BCUT2D eigenvalue weighted by molar-refractivity contribution is 0.410. The van der Waals surface area contributed by atoms with Crippen LogP contribution in [0.4, 0.5) is 0 Å². The predicted octanol–water partition coefficient (Wildman–Crippen LogP) is 2.21. The summed E-state index contributed by atoms with van der Waals surface area (Å²) in [7, 11) is 1.62. The van der Waals surface area contributed by atoms with Crippen LogP contribution in [0.5, 0.6) is 5.75 Å². The molecule has 0 amide bonds. The van der Waals surface area contributed by atoms with Gasteiger partial charge in [-0.15, -0.1) is 0 Å². The maximum Gasteiger partial charge on any atom is 0.132 e. The first-order valence-electron chi connectivity index (χ1n) is 4.15. The van der Waals surface area contributed by atoms with Crippen molar-refractivity contribution < 1.29 is 4.74 Å². The van der Waals surface area contributed by atoms with Crippen LogP contribution in [0.15, 0.2) is 18.2 Å². The van der Waals surface area contributed by atoms with E-state index in [-0.39, 0.29) is 6.04 Å². The Labute approximate surface area is 97.0 Å². The smallest absolute Gasteiger partial charge is 0.132 e. The summed E-state index contributed by atoms with van der Waals surface area (Å²) in [4.78, 5) is 0. The fourth-order valence-corrected chi connectivity index (χ4v) is 2.16. The van der Waals surface area contributed by atoms with E-state index in [9.17, 15) is 0 Å². The summed E-state index contributed by atoms with van der Waals surface area (Å²) in [5, 5.41) is 8.55. The van der Waals surface area contributed by atoms with Gasteiger partial charge in [-0.2, -0.15) is 5.26 Å². The molecule has 0 heterocycles. The highest BCUT2D eigenvalue weighted by Crippen LogP contribution is 2.28. The summed E-state index contributed by atoms with van der Waals surface area (Å²) < 4.78 is 6.15. The molecule has 1 rings (SSSR count). The number of methoxy groups -OCH3 is 1. The molecule has 0 saturated carbocycles. The number of hydrogen-bond donors (Lipinski definition) is 1. The molecule has 0 radical (unpaired) electrons. The van der Waals surface area contributed by atoms with Crippen molar-refractivity contribution in [2.75, 3.05) is 7.11 Å². The normalized spacial score (nSPS) is 11.9. The molecular formula is C10H11IN2O.